The number of carboxylic acids is 4. The van der Waals surface area contributed by atoms with Gasteiger partial charge < -0.3 is 20.4 Å². The third-order valence-corrected chi connectivity index (χ3v) is 12.9. The second-order valence-electron chi connectivity index (χ2n) is 13.2. The topological polar surface area (TPSA) is 258 Å². The van der Waals surface area contributed by atoms with E-state index in [1.807, 2.05) is 6.92 Å². The van der Waals surface area contributed by atoms with E-state index in [9.17, 15) is 65.5 Å². The molecule has 16 heteroatoms. The third kappa shape index (κ3) is 14.0. The van der Waals surface area contributed by atoms with Gasteiger partial charge in [-0.05, 0) is 32.1 Å². The molecule has 0 spiro atoms. The van der Waals surface area contributed by atoms with E-state index in [4.69, 9.17) is 0 Å². The first-order chi connectivity index (χ1) is 23.2. The highest BCUT2D eigenvalue weighted by atomic mass is 32.2. The molecular weight excluding hydrogens is 696 g/mol. The standard InChI is InChI=1S/C20H38O7S.C14H26O7S/c1-3-5-7-9-11-13-15-20(19(23)24,16-14-12-10-8-6-4-2)17(18(21)22)28(25,26)27;1-4-7-8-9-10-14(12(17)18,22(19,20)21)13(5-2,6-3)11(15)16/h17H,3-16H2,1-2H3,(H,21,22)(H,23,24)(H,25,26,27);4-10H2,1-3H3,(H,15,16)(H,17,18)(H,19,20,21). The van der Waals surface area contributed by atoms with Crippen molar-refractivity contribution >= 4 is 44.1 Å². The number of rotatable bonds is 29. The number of carboxylic acid groups (broad SMARTS) is 4. The van der Waals surface area contributed by atoms with Gasteiger partial charge in [0, 0.05) is 0 Å². The third-order valence-electron chi connectivity index (χ3n) is 9.96. The summed E-state index contributed by atoms with van der Waals surface area (Å²) in [6, 6.07) is 0. The molecule has 0 bridgehead atoms. The summed E-state index contributed by atoms with van der Waals surface area (Å²) >= 11 is 0. The van der Waals surface area contributed by atoms with Crippen LogP contribution < -0.4 is 0 Å². The lowest BCUT2D eigenvalue weighted by molar-refractivity contribution is -0.161. The van der Waals surface area contributed by atoms with E-state index < -0.39 is 71.4 Å². The van der Waals surface area contributed by atoms with Gasteiger partial charge in [-0.15, -0.1) is 0 Å². The van der Waals surface area contributed by atoms with Gasteiger partial charge in [0.2, 0.25) is 4.75 Å². The fourth-order valence-corrected chi connectivity index (χ4v) is 9.59. The molecule has 0 saturated heterocycles. The van der Waals surface area contributed by atoms with Crippen molar-refractivity contribution in [2.45, 2.75) is 179 Å². The SMILES string of the molecule is CCCCCCC(C(=O)O)(C(CC)(CC)C(=O)O)S(=O)(=O)O.CCCCCCCCC(CCCCCCCC)(C(=O)O)C(C(=O)O)S(=O)(=O)O. The highest BCUT2D eigenvalue weighted by molar-refractivity contribution is 7.88. The van der Waals surface area contributed by atoms with Crippen LogP contribution in [-0.4, -0.2) is 80.2 Å². The lowest BCUT2D eigenvalue weighted by atomic mass is 9.68. The average molecular weight is 761 g/mol. The Morgan fingerprint density at radius 2 is 0.840 bits per heavy atom. The number of hydrogen-bond acceptors (Lipinski definition) is 8. The maximum absolute atomic E-state index is 12.1. The van der Waals surface area contributed by atoms with Gasteiger partial charge in [-0.25, -0.2) is 0 Å². The molecule has 14 nitrogen and oxygen atoms in total. The highest BCUT2D eigenvalue weighted by Gasteiger charge is 2.67. The zero-order chi connectivity index (χ0) is 39.2. The molecule has 0 aromatic carbocycles. The quantitative estimate of drug-likeness (QED) is 0.0319. The van der Waals surface area contributed by atoms with Gasteiger partial charge in [0.1, 0.15) is 0 Å². The van der Waals surface area contributed by atoms with Crippen LogP contribution in [0, 0.1) is 10.8 Å². The first-order valence-electron chi connectivity index (χ1n) is 18.1. The van der Waals surface area contributed by atoms with Crippen molar-refractivity contribution in [3.05, 3.63) is 0 Å². The van der Waals surface area contributed by atoms with Crippen LogP contribution in [0.3, 0.4) is 0 Å². The summed E-state index contributed by atoms with van der Waals surface area (Å²) in [4.78, 5) is 47.3. The molecule has 2 unspecified atom stereocenters. The Morgan fingerprint density at radius 1 is 0.500 bits per heavy atom. The normalized spacial score (nSPS) is 14.2. The first kappa shape index (κ1) is 49.8. The van der Waals surface area contributed by atoms with Crippen molar-refractivity contribution in [1.82, 2.24) is 0 Å². The number of unbranched alkanes of at least 4 members (excludes halogenated alkanes) is 13. The molecule has 0 aliphatic carbocycles. The van der Waals surface area contributed by atoms with Gasteiger partial charge in [0.05, 0.1) is 10.8 Å². The van der Waals surface area contributed by atoms with E-state index in [0.29, 0.717) is 32.1 Å². The lowest BCUT2D eigenvalue weighted by Crippen LogP contribution is -2.62. The van der Waals surface area contributed by atoms with E-state index in [1.54, 1.807) is 0 Å². The summed E-state index contributed by atoms with van der Waals surface area (Å²) < 4.78 is 63.8. The molecule has 0 fully saturated rings. The Bertz CT molecular complexity index is 1230. The lowest BCUT2D eigenvalue weighted by Gasteiger charge is -2.41. The molecule has 2 atom stereocenters. The molecule has 6 N–H and O–H groups in total. The predicted octanol–water partition coefficient (Wildman–Crippen LogP) is 7.46. The van der Waals surface area contributed by atoms with Crippen molar-refractivity contribution in [1.29, 1.82) is 0 Å². The number of hydrogen-bond donors (Lipinski definition) is 6. The number of carbonyl (C=O) groups is 4. The van der Waals surface area contributed by atoms with Gasteiger partial charge in [0.25, 0.3) is 20.2 Å². The molecule has 0 aliphatic rings. The monoisotopic (exact) mass is 760 g/mol. The van der Waals surface area contributed by atoms with Crippen molar-refractivity contribution in [2.75, 3.05) is 0 Å². The molecular formula is C34H64O14S2. The summed E-state index contributed by atoms with van der Waals surface area (Å²) in [6.07, 6.45) is 11.8. The fourth-order valence-electron chi connectivity index (χ4n) is 6.94. The van der Waals surface area contributed by atoms with Crippen LogP contribution in [0.5, 0.6) is 0 Å². The van der Waals surface area contributed by atoms with Crippen molar-refractivity contribution in [3.8, 4) is 0 Å². The summed E-state index contributed by atoms with van der Waals surface area (Å²) in [6.45, 7) is 8.95. The van der Waals surface area contributed by atoms with Crippen LogP contribution in [-0.2, 0) is 39.4 Å². The minimum absolute atomic E-state index is 0.0693. The predicted molar refractivity (Wildman–Crippen MR) is 190 cm³/mol. The van der Waals surface area contributed by atoms with Crippen molar-refractivity contribution in [2.24, 2.45) is 10.8 Å². The Balaban J connectivity index is 0. The van der Waals surface area contributed by atoms with Crippen molar-refractivity contribution < 1.29 is 65.5 Å². The van der Waals surface area contributed by atoms with E-state index in [-0.39, 0.29) is 32.1 Å². The van der Waals surface area contributed by atoms with Gasteiger partial charge in [-0.3, -0.25) is 28.3 Å². The smallest absolute Gasteiger partial charge is 0.328 e. The van der Waals surface area contributed by atoms with Gasteiger partial charge in [-0.2, -0.15) is 16.8 Å². The van der Waals surface area contributed by atoms with E-state index in [2.05, 4.69) is 13.8 Å². The van der Waals surface area contributed by atoms with Crippen LogP contribution in [0.25, 0.3) is 0 Å². The molecule has 0 rings (SSSR count). The zero-order valence-electron chi connectivity index (χ0n) is 30.7. The average Bonchev–Trinajstić information content (AvgIpc) is 3.00. The largest absolute Gasteiger partial charge is 0.481 e. The Morgan fingerprint density at radius 3 is 1.10 bits per heavy atom. The van der Waals surface area contributed by atoms with E-state index in [0.717, 1.165) is 64.2 Å². The maximum Gasteiger partial charge on any atom is 0.328 e. The second-order valence-corrected chi connectivity index (χ2v) is 16.4. The van der Waals surface area contributed by atoms with Gasteiger partial charge in [0.15, 0.2) is 5.25 Å². The molecule has 0 heterocycles. The Kier molecular flexibility index (Phi) is 23.9. The Labute approximate surface area is 299 Å². The number of aliphatic carboxylic acids is 4. The molecule has 296 valence electrons. The van der Waals surface area contributed by atoms with E-state index >= 15 is 0 Å². The second kappa shape index (κ2) is 24.0. The zero-order valence-corrected chi connectivity index (χ0v) is 32.3. The fraction of sp³-hybridized carbons (Fsp3) is 0.882. The molecule has 50 heavy (non-hydrogen) atoms. The van der Waals surface area contributed by atoms with Crippen molar-refractivity contribution in [3.63, 3.8) is 0 Å². The summed E-state index contributed by atoms with van der Waals surface area (Å²) in [5, 5.41) is 36.0. The molecule has 0 amide bonds. The maximum atomic E-state index is 12.1. The summed E-state index contributed by atoms with van der Waals surface area (Å²) in [5.74, 6) is -6.59. The highest BCUT2D eigenvalue weighted by Crippen LogP contribution is 2.47. The molecule has 0 aromatic rings. The van der Waals surface area contributed by atoms with Crippen LogP contribution >= 0.6 is 0 Å². The molecule has 0 aromatic heterocycles. The van der Waals surface area contributed by atoms with Crippen LogP contribution in [0.2, 0.25) is 0 Å². The minimum atomic E-state index is -5.12. The van der Waals surface area contributed by atoms with E-state index in [1.165, 1.54) is 13.8 Å². The first-order valence-corrected chi connectivity index (χ1v) is 21.0. The minimum Gasteiger partial charge on any atom is -0.481 e. The Hall–Kier alpha value is -2.30. The summed E-state index contributed by atoms with van der Waals surface area (Å²) in [5.41, 5.74) is -4.08. The van der Waals surface area contributed by atoms with Crippen LogP contribution in [0.1, 0.15) is 169 Å². The van der Waals surface area contributed by atoms with Gasteiger partial charge >= 0.3 is 23.9 Å². The summed E-state index contributed by atoms with van der Waals surface area (Å²) in [7, 11) is -10.2. The van der Waals surface area contributed by atoms with Crippen LogP contribution in [0.4, 0.5) is 0 Å². The van der Waals surface area contributed by atoms with Gasteiger partial charge in [-0.1, -0.05) is 137 Å². The molecule has 0 saturated carbocycles. The molecule has 0 radical (unpaired) electrons. The molecule has 0 aliphatic heterocycles. The van der Waals surface area contributed by atoms with Crippen LogP contribution in [0.15, 0.2) is 0 Å².